The highest BCUT2D eigenvalue weighted by atomic mass is 16.8. The summed E-state index contributed by atoms with van der Waals surface area (Å²) in [7, 11) is 0. The van der Waals surface area contributed by atoms with Crippen molar-refractivity contribution in [2.24, 2.45) is 0 Å². The maximum Gasteiger partial charge on any atom is 0.220 e. The second-order valence-electron chi connectivity index (χ2n) is 28.5. The van der Waals surface area contributed by atoms with Crippen LogP contribution in [0.3, 0.4) is 0 Å². The van der Waals surface area contributed by atoms with E-state index in [0.29, 0.717) is 12.8 Å². The highest BCUT2D eigenvalue weighted by molar-refractivity contribution is 5.76. The van der Waals surface area contributed by atoms with Crippen LogP contribution < -0.4 is 5.32 Å². The summed E-state index contributed by atoms with van der Waals surface area (Å²) in [5, 5.41) is 121. The molecule has 3 aliphatic heterocycles. The number of rotatable bonds is 63. The predicted molar refractivity (Wildman–Crippen MR) is 379 cm³/mol. The third-order valence-electron chi connectivity index (χ3n) is 20.0. The lowest BCUT2D eigenvalue weighted by Crippen LogP contribution is -2.66. The quantitative estimate of drug-likeness (QED) is 0.0199. The zero-order chi connectivity index (χ0) is 69.6. The number of ether oxygens (including phenoxy) is 6. The SMILES string of the molecule is CCCCCCCCCCC/C=C/CC/C=C/C(O)C(COC1OC(CO)C(OC2OC(CO)C(OC3OC(CO)C(O)C(O)C3O)C(O)C2O)C(O)C1O)NC(=O)CCCCCCCCCCCCCCCCCCCCCCCCCCCCCCCCCCCCCC. The highest BCUT2D eigenvalue weighted by Gasteiger charge is 2.53. The van der Waals surface area contributed by atoms with Gasteiger partial charge in [-0.25, -0.2) is 0 Å². The normalized spacial score (nSPS) is 27.1. The van der Waals surface area contributed by atoms with Crippen LogP contribution in [0.1, 0.15) is 328 Å². The van der Waals surface area contributed by atoms with E-state index < -0.39 is 124 Å². The van der Waals surface area contributed by atoms with Gasteiger partial charge in [-0.2, -0.15) is 0 Å². The first-order chi connectivity index (χ1) is 46.8. The van der Waals surface area contributed by atoms with Crippen molar-refractivity contribution in [3.8, 4) is 0 Å². The average molecular weight is 1370 g/mol. The summed E-state index contributed by atoms with van der Waals surface area (Å²) in [6, 6.07) is -0.987. The molecule has 0 saturated carbocycles. The van der Waals surface area contributed by atoms with Gasteiger partial charge < -0.3 is 89.9 Å². The molecule has 1 amide bonds. The molecule has 0 aliphatic carbocycles. The molecule has 0 aromatic carbocycles. The Hall–Kier alpha value is -1.73. The number of aliphatic hydroxyl groups is 11. The molecule has 3 fully saturated rings. The standard InChI is InChI=1S/C77H145NO18/c1-3-5-7-9-11-13-15-17-19-20-21-22-23-24-25-26-27-28-29-30-31-32-33-34-35-36-37-38-39-41-43-45-47-49-51-53-55-65(83)78-60(61(82)54-52-50-48-46-44-42-40-18-16-14-12-10-8-6-4-2)59-91-75-71(89)68(86)73(63(57-80)93-75)96-77-72(90)69(87)74(64(58-81)94-77)95-76-70(88)67(85)66(84)62(56-79)92-76/h44,46,52,54,60-64,66-77,79-82,84-90H,3-43,45,47-51,53,55-59H2,1-2H3,(H,78,83)/b46-44+,54-52+. The molecule has 3 aliphatic rings. The topological polar surface area (TPSA) is 307 Å². The van der Waals surface area contributed by atoms with Crippen molar-refractivity contribution in [1.29, 1.82) is 0 Å². The molecule has 0 aromatic heterocycles. The van der Waals surface area contributed by atoms with Crippen LogP contribution in [0.4, 0.5) is 0 Å². The average Bonchev–Trinajstić information content (AvgIpc) is 0.787. The Kier molecular flexibility index (Phi) is 54.1. The molecule has 19 nitrogen and oxygen atoms in total. The second kappa shape index (κ2) is 58.7. The Bertz CT molecular complexity index is 1830. The first-order valence-electron chi connectivity index (χ1n) is 39.6. The highest BCUT2D eigenvalue weighted by Crippen LogP contribution is 2.33. The largest absolute Gasteiger partial charge is 0.394 e. The van der Waals surface area contributed by atoms with E-state index in [-0.39, 0.29) is 18.9 Å². The predicted octanol–water partition coefficient (Wildman–Crippen LogP) is 12.6. The van der Waals surface area contributed by atoms with Gasteiger partial charge in [0.2, 0.25) is 5.91 Å². The van der Waals surface area contributed by atoms with E-state index in [1.165, 1.54) is 257 Å². The fraction of sp³-hybridized carbons (Fsp3) is 0.935. The van der Waals surface area contributed by atoms with E-state index in [2.05, 4.69) is 31.3 Å². The molecule has 0 aromatic rings. The van der Waals surface area contributed by atoms with Gasteiger partial charge in [-0.05, 0) is 32.1 Å². The molecule has 566 valence electrons. The lowest BCUT2D eigenvalue weighted by Gasteiger charge is -2.48. The summed E-state index contributed by atoms with van der Waals surface area (Å²) in [6.07, 6.45) is 43.5. The fourth-order valence-corrected chi connectivity index (χ4v) is 13.6. The summed E-state index contributed by atoms with van der Waals surface area (Å²) in [5.74, 6) is -0.279. The van der Waals surface area contributed by atoms with Gasteiger partial charge in [0, 0.05) is 6.42 Å². The minimum Gasteiger partial charge on any atom is -0.394 e. The van der Waals surface area contributed by atoms with Gasteiger partial charge in [0.15, 0.2) is 18.9 Å². The molecule has 96 heavy (non-hydrogen) atoms. The van der Waals surface area contributed by atoms with Crippen molar-refractivity contribution in [1.82, 2.24) is 5.32 Å². The third-order valence-corrected chi connectivity index (χ3v) is 20.0. The number of carbonyl (C=O) groups excluding carboxylic acids is 1. The van der Waals surface area contributed by atoms with Gasteiger partial charge in [0.1, 0.15) is 73.2 Å². The van der Waals surface area contributed by atoms with Gasteiger partial charge in [0.05, 0.1) is 38.6 Å². The maximum atomic E-state index is 13.4. The Balaban J connectivity index is 1.31. The number of unbranched alkanes of at least 4 members (excludes halogenated alkanes) is 45. The minimum absolute atomic E-state index is 0.241. The molecule has 17 atom stereocenters. The van der Waals surface area contributed by atoms with E-state index >= 15 is 0 Å². The number of allylic oxidation sites excluding steroid dienone is 3. The summed E-state index contributed by atoms with van der Waals surface area (Å²) < 4.78 is 34.4. The third kappa shape index (κ3) is 39.1. The van der Waals surface area contributed by atoms with Gasteiger partial charge in [0.25, 0.3) is 0 Å². The van der Waals surface area contributed by atoms with Crippen LogP contribution in [0.25, 0.3) is 0 Å². The fourth-order valence-electron chi connectivity index (χ4n) is 13.6. The summed E-state index contributed by atoms with van der Waals surface area (Å²) >= 11 is 0. The van der Waals surface area contributed by atoms with Gasteiger partial charge in [-0.15, -0.1) is 0 Å². The van der Waals surface area contributed by atoms with E-state index in [1.54, 1.807) is 6.08 Å². The Morgan fingerprint density at radius 2 is 0.667 bits per heavy atom. The number of aliphatic hydroxyl groups excluding tert-OH is 11. The monoisotopic (exact) mass is 1370 g/mol. The van der Waals surface area contributed by atoms with Crippen molar-refractivity contribution in [2.45, 2.75) is 433 Å². The first kappa shape index (κ1) is 88.5. The molecule has 0 spiro atoms. The van der Waals surface area contributed by atoms with E-state index in [0.717, 1.165) is 38.5 Å². The molecular weight excluding hydrogens is 1230 g/mol. The number of amides is 1. The molecule has 0 radical (unpaired) electrons. The number of hydrogen-bond donors (Lipinski definition) is 12. The zero-order valence-electron chi connectivity index (χ0n) is 60.4. The first-order valence-corrected chi connectivity index (χ1v) is 39.6. The van der Waals surface area contributed by atoms with E-state index in [4.69, 9.17) is 28.4 Å². The molecule has 12 N–H and O–H groups in total. The number of hydrogen-bond acceptors (Lipinski definition) is 18. The van der Waals surface area contributed by atoms with E-state index in [1.807, 2.05) is 6.08 Å². The van der Waals surface area contributed by atoms with Crippen LogP contribution in [0.5, 0.6) is 0 Å². The lowest BCUT2D eigenvalue weighted by atomic mass is 9.96. The Morgan fingerprint density at radius 3 is 1.04 bits per heavy atom. The van der Waals surface area contributed by atoms with Gasteiger partial charge >= 0.3 is 0 Å². The van der Waals surface area contributed by atoms with Crippen molar-refractivity contribution in [3.63, 3.8) is 0 Å². The summed E-state index contributed by atoms with van der Waals surface area (Å²) in [5.41, 5.74) is 0. The van der Waals surface area contributed by atoms with E-state index in [9.17, 15) is 61.0 Å². The summed E-state index contributed by atoms with van der Waals surface area (Å²) in [6.45, 7) is 1.75. The molecule has 3 heterocycles. The molecule has 0 bridgehead atoms. The number of nitrogens with one attached hydrogen (secondary N) is 1. The Morgan fingerprint density at radius 1 is 0.365 bits per heavy atom. The van der Waals surface area contributed by atoms with Crippen molar-refractivity contribution in [3.05, 3.63) is 24.3 Å². The van der Waals surface area contributed by atoms with Crippen LogP contribution >= 0.6 is 0 Å². The van der Waals surface area contributed by atoms with Crippen molar-refractivity contribution < 1.29 is 89.4 Å². The van der Waals surface area contributed by atoms with Crippen LogP contribution in [0.2, 0.25) is 0 Å². The minimum atomic E-state index is -1.98. The van der Waals surface area contributed by atoms with Crippen LogP contribution in [-0.2, 0) is 33.2 Å². The molecule has 17 unspecified atom stereocenters. The molecule has 3 saturated heterocycles. The van der Waals surface area contributed by atoms with Crippen LogP contribution in [0, 0.1) is 0 Å². The second-order valence-corrected chi connectivity index (χ2v) is 28.5. The van der Waals surface area contributed by atoms with Crippen molar-refractivity contribution in [2.75, 3.05) is 26.4 Å². The molecule has 3 rings (SSSR count). The smallest absolute Gasteiger partial charge is 0.220 e. The molecular formula is C77H145NO18. The number of carbonyl (C=O) groups is 1. The van der Waals surface area contributed by atoms with Crippen LogP contribution in [-0.4, -0.2) is 193 Å². The van der Waals surface area contributed by atoms with Gasteiger partial charge in [-0.3, -0.25) is 4.79 Å². The molecule has 19 heteroatoms. The maximum absolute atomic E-state index is 13.4. The Labute approximate surface area is 581 Å². The lowest BCUT2D eigenvalue weighted by molar-refractivity contribution is -0.379. The van der Waals surface area contributed by atoms with Crippen LogP contribution in [0.15, 0.2) is 24.3 Å². The van der Waals surface area contributed by atoms with Crippen molar-refractivity contribution >= 4 is 5.91 Å². The summed E-state index contributed by atoms with van der Waals surface area (Å²) in [4.78, 5) is 13.4. The zero-order valence-corrected chi connectivity index (χ0v) is 60.4. The van der Waals surface area contributed by atoms with Gasteiger partial charge in [-0.1, -0.05) is 314 Å².